The van der Waals surface area contributed by atoms with Crippen LogP contribution < -0.4 is 4.74 Å². The standard InChI is InChI=1S/C13H15NO2/c1-10(9-15-2)16-12-7-3-5-11-6-4-8-14-13(11)12/h3-8,10H,9H2,1-2H3/t10-/m1/s1. The predicted molar refractivity (Wildman–Crippen MR) is 63.7 cm³/mol. The van der Waals surface area contributed by atoms with Crippen LogP contribution in [0.2, 0.25) is 0 Å². The molecule has 1 aromatic heterocycles. The largest absolute Gasteiger partial charge is 0.486 e. The van der Waals surface area contributed by atoms with E-state index in [2.05, 4.69) is 4.98 Å². The number of ether oxygens (including phenoxy) is 2. The third kappa shape index (κ3) is 2.31. The molecule has 1 aromatic carbocycles. The summed E-state index contributed by atoms with van der Waals surface area (Å²) in [6.07, 6.45) is 1.80. The van der Waals surface area contributed by atoms with Crippen LogP contribution in [0.5, 0.6) is 5.75 Å². The van der Waals surface area contributed by atoms with E-state index < -0.39 is 0 Å². The lowest BCUT2D eigenvalue weighted by molar-refractivity contribution is 0.0930. The van der Waals surface area contributed by atoms with Gasteiger partial charge in [0.15, 0.2) is 0 Å². The van der Waals surface area contributed by atoms with Crippen molar-refractivity contribution < 1.29 is 9.47 Å². The van der Waals surface area contributed by atoms with Gasteiger partial charge in [-0.05, 0) is 19.1 Å². The number of nitrogens with zero attached hydrogens (tertiary/aromatic N) is 1. The Morgan fingerprint density at radius 3 is 2.88 bits per heavy atom. The van der Waals surface area contributed by atoms with Crippen LogP contribution in [0.3, 0.4) is 0 Å². The number of hydrogen-bond donors (Lipinski definition) is 0. The molecule has 0 saturated heterocycles. The van der Waals surface area contributed by atoms with E-state index in [-0.39, 0.29) is 6.10 Å². The SMILES string of the molecule is COC[C@@H](C)Oc1cccc2cccnc12. The minimum absolute atomic E-state index is 0.0256. The lowest BCUT2D eigenvalue weighted by atomic mass is 10.2. The fraction of sp³-hybridized carbons (Fsp3) is 0.308. The molecule has 3 nitrogen and oxygen atoms in total. The van der Waals surface area contributed by atoms with E-state index in [0.29, 0.717) is 6.61 Å². The molecule has 0 unspecified atom stereocenters. The number of pyridine rings is 1. The van der Waals surface area contributed by atoms with Crippen molar-refractivity contribution in [3.8, 4) is 5.75 Å². The molecule has 16 heavy (non-hydrogen) atoms. The molecule has 0 aliphatic rings. The monoisotopic (exact) mass is 217 g/mol. The second kappa shape index (κ2) is 4.94. The normalized spacial score (nSPS) is 12.6. The topological polar surface area (TPSA) is 31.4 Å². The molecular weight excluding hydrogens is 202 g/mol. The number of benzene rings is 1. The molecule has 0 spiro atoms. The molecule has 0 aliphatic heterocycles. The van der Waals surface area contributed by atoms with Gasteiger partial charge >= 0.3 is 0 Å². The molecule has 3 heteroatoms. The zero-order valence-corrected chi connectivity index (χ0v) is 9.51. The number of aromatic nitrogens is 1. The maximum atomic E-state index is 5.78. The Morgan fingerprint density at radius 2 is 2.06 bits per heavy atom. The fourth-order valence-electron chi connectivity index (χ4n) is 1.66. The van der Waals surface area contributed by atoms with Crippen molar-refractivity contribution in [2.75, 3.05) is 13.7 Å². The van der Waals surface area contributed by atoms with Gasteiger partial charge in [0, 0.05) is 18.7 Å². The summed E-state index contributed by atoms with van der Waals surface area (Å²) in [4.78, 5) is 4.33. The Hall–Kier alpha value is -1.61. The second-order valence-corrected chi connectivity index (χ2v) is 3.72. The molecule has 0 bridgehead atoms. The number of fused-ring (bicyclic) bond motifs is 1. The fourth-order valence-corrected chi connectivity index (χ4v) is 1.66. The predicted octanol–water partition coefficient (Wildman–Crippen LogP) is 2.65. The van der Waals surface area contributed by atoms with Crippen LogP contribution in [0, 0.1) is 0 Å². The van der Waals surface area contributed by atoms with Crippen LogP contribution in [-0.2, 0) is 4.74 Å². The lowest BCUT2D eigenvalue weighted by Crippen LogP contribution is -2.18. The summed E-state index contributed by atoms with van der Waals surface area (Å²) in [6, 6.07) is 9.87. The zero-order chi connectivity index (χ0) is 11.4. The van der Waals surface area contributed by atoms with E-state index in [1.165, 1.54) is 0 Å². The minimum Gasteiger partial charge on any atom is -0.486 e. The highest BCUT2D eigenvalue weighted by atomic mass is 16.5. The third-order valence-electron chi connectivity index (χ3n) is 2.33. The highest BCUT2D eigenvalue weighted by Gasteiger charge is 2.07. The van der Waals surface area contributed by atoms with Gasteiger partial charge in [-0.25, -0.2) is 0 Å². The minimum atomic E-state index is 0.0256. The van der Waals surface area contributed by atoms with Gasteiger partial charge < -0.3 is 9.47 Å². The molecular formula is C13H15NO2. The highest BCUT2D eigenvalue weighted by molar-refractivity contribution is 5.84. The van der Waals surface area contributed by atoms with Crippen LogP contribution in [-0.4, -0.2) is 24.8 Å². The first-order valence-electron chi connectivity index (χ1n) is 5.30. The molecule has 0 fully saturated rings. The summed E-state index contributed by atoms with van der Waals surface area (Å²) >= 11 is 0. The van der Waals surface area contributed by atoms with Crippen LogP contribution in [0.1, 0.15) is 6.92 Å². The summed E-state index contributed by atoms with van der Waals surface area (Å²) in [5.41, 5.74) is 0.896. The first kappa shape index (κ1) is 10.9. The van der Waals surface area contributed by atoms with E-state index in [1.54, 1.807) is 13.3 Å². The van der Waals surface area contributed by atoms with Gasteiger partial charge in [-0.15, -0.1) is 0 Å². The average molecular weight is 217 g/mol. The number of hydrogen-bond acceptors (Lipinski definition) is 3. The maximum Gasteiger partial charge on any atom is 0.146 e. The third-order valence-corrected chi connectivity index (χ3v) is 2.33. The molecule has 0 saturated carbocycles. The van der Waals surface area contributed by atoms with Gasteiger partial charge in [0.2, 0.25) is 0 Å². The van der Waals surface area contributed by atoms with Gasteiger partial charge in [0.05, 0.1) is 6.61 Å². The van der Waals surface area contributed by atoms with Crippen molar-refractivity contribution in [2.24, 2.45) is 0 Å². The Morgan fingerprint density at radius 1 is 1.25 bits per heavy atom. The van der Waals surface area contributed by atoms with E-state index in [1.807, 2.05) is 37.3 Å². The summed E-state index contributed by atoms with van der Waals surface area (Å²) in [7, 11) is 1.67. The van der Waals surface area contributed by atoms with Crippen LogP contribution in [0.4, 0.5) is 0 Å². The number of methoxy groups -OCH3 is 1. The second-order valence-electron chi connectivity index (χ2n) is 3.72. The lowest BCUT2D eigenvalue weighted by Gasteiger charge is -2.14. The zero-order valence-electron chi connectivity index (χ0n) is 9.51. The first-order chi connectivity index (χ1) is 7.81. The van der Waals surface area contributed by atoms with Crippen molar-refractivity contribution in [3.63, 3.8) is 0 Å². The van der Waals surface area contributed by atoms with Gasteiger partial charge in [-0.2, -0.15) is 0 Å². The Labute approximate surface area is 95.0 Å². The molecule has 0 N–H and O–H groups in total. The Bertz CT molecular complexity index is 465. The molecule has 0 amide bonds. The van der Waals surface area contributed by atoms with Crippen molar-refractivity contribution in [1.82, 2.24) is 4.98 Å². The van der Waals surface area contributed by atoms with Crippen molar-refractivity contribution >= 4 is 10.9 Å². The van der Waals surface area contributed by atoms with E-state index >= 15 is 0 Å². The molecule has 0 radical (unpaired) electrons. The van der Waals surface area contributed by atoms with E-state index in [9.17, 15) is 0 Å². The van der Waals surface area contributed by atoms with Crippen LogP contribution in [0.25, 0.3) is 10.9 Å². The summed E-state index contributed by atoms with van der Waals surface area (Å²) in [5, 5.41) is 1.09. The molecule has 2 aromatic rings. The number of rotatable bonds is 4. The molecule has 1 heterocycles. The Kier molecular flexibility index (Phi) is 3.37. The quantitative estimate of drug-likeness (QED) is 0.789. The smallest absolute Gasteiger partial charge is 0.146 e. The van der Waals surface area contributed by atoms with Gasteiger partial charge in [-0.1, -0.05) is 18.2 Å². The summed E-state index contributed by atoms with van der Waals surface area (Å²) < 4.78 is 10.8. The summed E-state index contributed by atoms with van der Waals surface area (Å²) in [6.45, 7) is 2.55. The summed E-state index contributed by atoms with van der Waals surface area (Å²) in [5.74, 6) is 0.808. The maximum absolute atomic E-state index is 5.78. The average Bonchev–Trinajstić information content (AvgIpc) is 2.30. The van der Waals surface area contributed by atoms with Gasteiger partial charge in [0.25, 0.3) is 0 Å². The number of para-hydroxylation sites is 1. The van der Waals surface area contributed by atoms with Crippen LogP contribution in [0.15, 0.2) is 36.5 Å². The van der Waals surface area contributed by atoms with E-state index in [4.69, 9.17) is 9.47 Å². The van der Waals surface area contributed by atoms with Crippen molar-refractivity contribution in [1.29, 1.82) is 0 Å². The molecule has 1 atom stereocenters. The van der Waals surface area contributed by atoms with E-state index in [0.717, 1.165) is 16.7 Å². The first-order valence-corrected chi connectivity index (χ1v) is 5.30. The van der Waals surface area contributed by atoms with Gasteiger partial charge in [-0.3, -0.25) is 4.98 Å². The Balaban J connectivity index is 2.30. The van der Waals surface area contributed by atoms with Crippen LogP contribution >= 0.6 is 0 Å². The molecule has 2 rings (SSSR count). The van der Waals surface area contributed by atoms with Gasteiger partial charge in [0.1, 0.15) is 17.4 Å². The highest BCUT2D eigenvalue weighted by Crippen LogP contribution is 2.23. The molecule has 84 valence electrons. The van der Waals surface area contributed by atoms with Crippen molar-refractivity contribution in [3.05, 3.63) is 36.5 Å². The molecule has 0 aliphatic carbocycles. The van der Waals surface area contributed by atoms with Crippen molar-refractivity contribution in [2.45, 2.75) is 13.0 Å².